The third-order valence-corrected chi connectivity index (χ3v) is 4.51. The number of nitro groups is 1. The molecule has 0 aromatic heterocycles. The number of carbonyl (C=O) groups is 2. The number of nitrogens with zero attached hydrogens (tertiary/aromatic N) is 1. The number of amides is 1. The maximum atomic E-state index is 13.0. The molecule has 0 atom stereocenters. The lowest BCUT2D eigenvalue weighted by molar-refractivity contribution is -0.384. The van der Waals surface area contributed by atoms with E-state index in [1.54, 1.807) is 6.92 Å². The van der Waals surface area contributed by atoms with Gasteiger partial charge in [-0.25, -0.2) is 4.79 Å². The highest BCUT2D eigenvalue weighted by atomic mass is 16.6. The van der Waals surface area contributed by atoms with Gasteiger partial charge in [0.05, 0.1) is 17.1 Å². The van der Waals surface area contributed by atoms with Crippen molar-refractivity contribution in [3.63, 3.8) is 0 Å². The normalized spacial score (nSPS) is 10.9. The Morgan fingerprint density at radius 3 is 2.07 bits per heavy atom. The summed E-state index contributed by atoms with van der Waals surface area (Å²) in [5.74, 6) is -0.890. The summed E-state index contributed by atoms with van der Waals surface area (Å²) in [5, 5.41) is 14.2. The van der Waals surface area contributed by atoms with Gasteiger partial charge >= 0.3 is 5.97 Å². The molecular weight excluding hydrogens is 372 g/mol. The molecule has 0 unspecified atom stereocenters. The fraction of sp³-hybridized carbons (Fsp3) is 0.364. The Balaban J connectivity index is 2.51. The summed E-state index contributed by atoms with van der Waals surface area (Å²) in [6.07, 6.45) is 0. The van der Waals surface area contributed by atoms with E-state index in [0.29, 0.717) is 5.69 Å². The minimum absolute atomic E-state index is 0.0236. The van der Waals surface area contributed by atoms with Crippen molar-refractivity contribution in [2.45, 2.75) is 46.5 Å². The molecule has 0 fully saturated rings. The first-order chi connectivity index (χ1) is 13.6. The molecule has 7 heteroatoms. The highest BCUT2D eigenvalue weighted by molar-refractivity contribution is 6.07. The van der Waals surface area contributed by atoms with Gasteiger partial charge < -0.3 is 10.1 Å². The molecule has 29 heavy (non-hydrogen) atoms. The molecule has 0 aliphatic carbocycles. The van der Waals surface area contributed by atoms with Crippen LogP contribution in [0.2, 0.25) is 0 Å². The number of non-ortho nitro benzene ring substituents is 1. The molecule has 1 N–H and O–H groups in total. The lowest BCUT2D eigenvalue weighted by Gasteiger charge is -2.20. The molecule has 2 aromatic carbocycles. The summed E-state index contributed by atoms with van der Waals surface area (Å²) in [4.78, 5) is 35.7. The van der Waals surface area contributed by atoms with Gasteiger partial charge in [0.1, 0.15) is 0 Å². The second-order valence-corrected chi connectivity index (χ2v) is 7.32. The number of benzene rings is 2. The van der Waals surface area contributed by atoms with Gasteiger partial charge in [-0.3, -0.25) is 14.9 Å². The van der Waals surface area contributed by atoms with Crippen LogP contribution in [0.3, 0.4) is 0 Å². The Labute approximate surface area is 170 Å². The first kappa shape index (κ1) is 22.1. The molecule has 0 saturated carbocycles. The van der Waals surface area contributed by atoms with Gasteiger partial charge in [0.2, 0.25) is 0 Å². The van der Waals surface area contributed by atoms with Crippen molar-refractivity contribution in [1.82, 2.24) is 0 Å². The lowest BCUT2D eigenvalue weighted by atomic mass is 9.92. The van der Waals surface area contributed by atoms with Gasteiger partial charge in [0.15, 0.2) is 0 Å². The molecule has 154 valence electrons. The Morgan fingerprint density at radius 1 is 1.03 bits per heavy atom. The molecule has 0 aliphatic heterocycles. The van der Waals surface area contributed by atoms with Gasteiger partial charge in [-0.2, -0.15) is 0 Å². The van der Waals surface area contributed by atoms with Crippen LogP contribution in [0.5, 0.6) is 0 Å². The van der Waals surface area contributed by atoms with Crippen LogP contribution < -0.4 is 5.32 Å². The highest BCUT2D eigenvalue weighted by Gasteiger charge is 2.21. The predicted molar refractivity (Wildman–Crippen MR) is 112 cm³/mol. The van der Waals surface area contributed by atoms with Crippen LogP contribution in [0.1, 0.15) is 78.3 Å². The number of ether oxygens (including phenoxy) is 1. The van der Waals surface area contributed by atoms with Crippen molar-refractivity contribution in [2.24, 2.45) is 0 Å². The molecule has 0 spiro atoms. The average Bonchev–Trinajstić information content (AvgIpc) is 2.67. The molecule has 2 rings (SSSR count). The molecule has 7 nitrogen and oxygen atoms in total. The SMILES string of the molecule is CCOC(=O)c1cc(C(=O)Nc2c(C(C)C)cccc2C(C)C)cc([N+](=O)[O-])c1. The fourth-order valence-corrected chi connectivity index (χ4v) is 3.06. The van der Waals surface area contributed by atoms with Gasteiger partial charge in [-0.15, -0.1) is 0 Å². The Kier molecular flexibility index (Phi) is 7.09. The van der Waals surface area contributed by atoms with E-state index < -0.39 is 16.8 Å². The van der Waals surface area contributed by atoms with E-state index in [1.807, 2.05) is 45.9 Å². The van der Waals surface area contributed by atoms with Crippen LogP contribution in [0.4, 0.5) is 11.4 Å². The third-order valence-electron chi connectivity index (χ3n) is 4.51. The molecule has 0 saturated heterocycles. The van der Waals surface area contributed by atoms with Gasteiger partial charge in [-0.1, -0.05) is 45.9 Å². The summed E-state index contributed by atoms with van der Waals surface area (Å²) in [6, 6.07) is 9.43. The van der Waals surface area contributed by atoms with Crippen LogP contribution in [-0.4, -0.2) is 23.4 Å². The average molecular weight is 398 g/mol. The number of rotatable bonds is 7. The van der Waals surface area contributed by atoms with E-state index in [2.05, 4.69) is 5.32 Å². The molecule has 0 radical (unpaired) electrons. The predicted octanol–water partition coefficient (Wildman–Crippen LogP) is 5.27. The maximum Gasteiger partial charge on any atom is 0.338 e. The second-order valence-electron chi connectivity index (χ2n) is 7.32. The first-order valence-corrected chi connectivity index (χ1v) is 9.56. The Hall–Kier alpha value is -3.22. The zero-order valence-corrected chi connectivity index (χ0v) is 17.3. The topological polar surface area (TPSA) is 98.5 Å². The number of carbonyl (C=O) groups excluding carboxylic acids is 2. The van der Waals surface area contributed by atoms with Gasteiger partial charge in [0, 0.05) is 23.4 Å². The van der Waals surface area contributed by atoms with E-state index in [-0.39, 0.29) is 35.3 Å². The smallest absolute Gasteiger partial charge is 0.338 e. The minimum Gasteiger partial charge on any atom is -0.462 e. The zero-order valence-electron chi connectivity index (χ0n) is 17.3. The minimum atomic E-state index is -0.712. The number of hydrogen-bond acceptors (Lipinski definition) is 5. The lowest BCUT2D eigenvalue weighted by Crippen LogP contribution is -2.17. The number of anilines is 1. The van der Waals surface area contributed by atoms with Crippen molar-refractivity contribution < 1.29 is 19.2 Å². The monoisotopic (exact) mass is 398 g/mol. The summed E-state index contributed by atoms with van der Waals surface area (Å²) >= 11 is 0. The maximum absolute atomic E-state index is 13.0. The van der Waals surface area contributed by atoms with Crippen molar-refractivity contribution in [1.29, 1.82) is 0 Å². The van der Waals surface area contributed by atoms with Crippen molar-refractivity contribution in [3.8, 4) is 0 Å². The molecule has 2 aromatic rings. The molecule has 0 bridgehead atoms. The van der Waals surface area contributed by atoms with E-state index in [4.69, 9.17) is 4.74 Å². The molecule has 0 aliphatic rings. The summed E-state index contributed by atoms with van der Waals surface area (Å²) in [7, 11) is 0. The number of hydrogen-bond donors (Lipinski definition) is 1. The van der Waals surface area contributed by atoms with E-state index in [0.717, 1.165) is 23.3 Å². The van der Waals surface area contributed by atoms with Crippen LogP contribution >= 0.6 is 0 Å². The third kappa shape index (κ3) is 5.19. The second kappa shape index (κ2) is 9.32. The molecule has 1 amide bonds. The quantitative estimate of drug-likeness (QED) is 0.389. The van der Waals surface area contributed by atoms with Crippen LogP contribution in [-0.2, 0) is 4.74 Å². The highest BCUT2D eigenvalue weighted by Crippen LogP contribution is 2.33. The Bertz CT molecular complexity index is 909. The van der Waals surface area contributed by atoms with Gasteiger partial charge in [-0.05, 0) is 36.0 Å². The summed E-state index contributed by atoms with van der Waals surface area (Å²) < 4.78 is 4.92. The largest absolute Gasteiger partial charge is 0.462 e. The van der Waals surface area contributed by atoms with Crippen molar-refractivity contribution in [3.05, 3.63) is 68.8 Å². The van der Waals surface area contributed by atoms with E-state index in [1.165, 1.54) is 6.07 Å². The van der Waals surface area contributed by atoms with E-state index in [9.17, 15) is 19.7 Å². The van der Waals surface area contributed by atoms with Crippen molar-refractivity contribution >= 4 is 23.3 Å². The summed E-state index contributed by atoms with van der Waals surface area (Å²) in [5.41, 5.74) is 2.29. The number of para-hydroxylation sites is 1. The van der Waals surface area contributed by atoms with Crippen LogP contribution in [0.15, 0.2) is 36.4 Å². The number of nitro benzene ring substituents is 1. The molecular formula is C22H26N2O5. The standard InChI is InChI=1S/C22H26N2O5/c1-6-29-22(26)16-10-15(11-17(12-16)24(27)28)21(25)23-20-18(13(2)3)8-7-9-19(20)14(4)5/h7-14H,6H2,1-5H3,(H,23,25). The zero-order chi connectivity index (χ0) is 21.7. The van der Waals surface area contributed by atoms with Gasteiger partial charge in [0.25, 0.3) is 11.6 Å². The van der Waals surface area contributed by atoms with E-state index >= 15 is 0 Å². The first-order valence-electron chi connectivity index (χ1n) is 9.56. The fourth-order valence-electron chi connectivity index (χ4n) is 3.06. The van der Waals surface area contributed by atoms with Crippen LogP contribution in [0.25, 0.3) is 0 Å². The Morgan fingerprint density at radius 2 is 1.59 bits per heavy atom. The number of esters is 1. The number of nitrogens with one attached hydrogen (secondary N) is 1. The molecule has 0 heterocycles. The van der Waals surface area contributed by atoms with Crippen LogP contribution in [0, 0.1) is 10.1 Å². The van der Waals surface area contributed by atoms with Crippen molar-refractivity contribution in [2.75, 3.05) is 11.9 Å². The summed E-state index contributed by atoms with van der Waals surface area (Å²) in [6.45, 7) is 9.88.